The summed E-state index contributed by atoms with van der Waals surface area (Å²) < 4.78 is 27.2. The van der Waals surface area contributed by atoms with Gasteiger partial charge in [-0.1, -0.05) is 70.9 Å². The molecule has 0 spiro atoms. The molecule has 1 aliphatic rings. The normalized spacial score (nSPS) is 16.5. The molecular weight excluding hydrogens is 390 g/mol. The van der Waals surface area contributed by atoms with E-state index in [1.54, 1.807) is 0 Å². The highest BCUT2D eigenvalue weighted by atomic mass is 28.2. The summed E-state index contributed by atoms with van der Waals surface area (Å²) in [6.07, 6.45) is 0. The van der Waals surface area contributed by atoms with Gasteiger partial charge in [-0.25, -0.2) is 8.78 Å². The Kier molecular flexibility index (Phi) is 5.57. The number of benzene rings is 3. The van der Waals surface area contributed by atoms with Crippen LogP contribution in [0.25, 0.3) is 22.3 Å². The van der Waals surface area contributed by atoms with Crippen LogP contribution in [0.1, 0.15) is 27.7 Å². The van der Waals surface area contributed by atoms with Crippen LogP contribution in [0, 0.1) is 17.6 Å². The fourth-order valence-electron chi connectivity index (χ4n) is 4.16. The van der Waals surface area contributed by atoms with Gasteiger partial charge in [0.25, 0.3) is 0 Å². The minimum absolute atomic E-state index is 0.250. The highest BCUT2D eigenvalue weighted by Gasteiger charge is 2.25. The molecule has 0 heterocycles. The summed E-state index contributed by atoms with van der Waals surface area (Å²) in [5, 5.41) is 2.69. The van der Waals surface area contributed by atoms with E-state index in [0.717, 1.165) is 22.3 Å². The van der Waals surface area contributed by atoms with Gasteiger partial charge >= 0.3 is 0 Å². The van der Waals surface area contributed by atoms with Gasteiger partial charge in [0.05, 0.1) is 0 Å². The Morgan fingerprint density at radius 2 is 1.27 bits per heavy atom. The molecule has 2 radical (unpaired) electrons. The third-order valence-corrected chi connectivity index (χ3v) is 8.03. The first-order valence-corrected chi connectivity index (χ1v) is 11.2. The van der Waals surface area contributed by atoms with E-state index in [4.69, 9.17) is 0 Å². The van der Waals surface area contributed by atoms with E-state index in [1.807, 2.05) is 24.3 Å². The Morgan fingerprint density at radius 3 is 1.80 bits per heavy atom. The Hall–Kier alpha value is -2.78. The van der Waals surface area contributed by atoms with Crippen molar-refractivity contribution in [3.63, 3.8) is 0 Å². The second-order valence-corrected chi connectivity index (χ2v) is 9.26. The second-order valence-electron chi connectivity index (χ2n) is 7.94. The van der Waals surface area contributed by atoms with Gasteiger partial charge in [0, 0.05) is 0 Å². The van der Waals surface area contributed by atoms with Crippen LogP contribution in [0.3, 0.4) is 0 Å². The molecule has 1 aliphatic carbocycles. The van der Waals surface area contributed by atoms with Gasteiger partial charge in [0.15, 0.2) is 0 Å². The monoisotopic (exact) mass is 414 g/mol. The molecule has 4 rings (SSSR count). The van der Waals surface area contributed by atoms with Crippen LogP contribution in [0.5, 0.6) is 0 Å². The maximum atomic E-state index is 13.6. The summed E-state index contributed by atoms with van der Waals surface area (Å²) in [6.45, 7) is 8.91. The molecule has 3 heteroatoms. The van der Waals surface area contributed by atoms with Gasteiger partial charge in [-0.2, -0.15) is 0 Å². The van der Waals surface area contributed by atoms with E-state index in [9.17, 15) is 8.78 Å². The topological polar surface area (TPSA) is 0 Å². The lowest BCUT2D eigenvalue weighted by Crippen LogP contribution is -2.23. The van der Waals surface area contributed by atoms with Gasteiger partial charge in [0.1, 0.15) is 21.2 Å². The lowest BCUT2D eigenvalue weighted by atomic mass is 9.94. The van der Waals surface area contributed by atoms with Crippen LogP contribution in [-0.4, -0.2) is 9.52 Å². The molecule has 30 heavy (non-hydrogen) atoms. The lowest BCUT2D eigenvalue weighted by Gasteiger charge is -2.18. The summed E-state index contributed by atoms with van der Waals surface area (Å²) in [5.41, 5.74) is 8.28. The van der Waals surface area contributed by atoms with Crippen molar-refractivity contribution >= 4 is 14.7 Å². The molecule has 0 saturated carbocycles. The van der Waals surface area contributed by atoms with Gasteiger partial charge in [-0.15, -0.1) is 0 Å². The number of allylic oxidation sites excluding steroid dienone is 4. The SMILES string of the molecule is CC1=C(C)C(C)C([Si]c2cccc(-c3ccc(F)cc3)c2-c2ccc(F)cc2)=C1C. The number of hydrogen-bond acceptors (Lipinski definition) is 0. The fourth-order valence-corrected chi connectivity index (χ4v) is 5.85. The summed E-state index contributed by atoms with van der Waals surface area (Å²) in [6, 6.07) is 19.6. The minimum atomic E-state index is -0.252. The Morgan fingerprint density at radius 1 is 0.700 bits per heavy atom. The first-order valence-electron chi connectivity index (χ1n) is 10.2. The molecule has 0 fully saturated rings. The smallest absolute Gasteiger partial charge is 0.123 e. The third-order valence-electron chi connectivity index (χ3n) is 6.26. The Bertz CT molecular complexity index is 1150. The molecule has 3 aromatic rings. The van der Waals surface area contributed by atoms with Crippen LogP contribution in [0.15, 0.2) is 88.6 Å². The van der Waals surface area contributed by atoms with E-state index < -0.39 is 0 Å². The summed E-state index contributed by atoms with van der Waals surface area (Å²) in [7, 11) is 0.521. The Labute approximate surface area is 179 Å². The van der Waals surface area contributed by atoms with Crippen LogP contribution < -0.4 is 5.19 Å². The van der Waals surface area contributed by atoms with Crippen LogP contribution >= 0.6 is 0 Å². The zero-order valence-corrected chi connectivity index (χ0v) is 18.7. The molecule has 3 aromatic carbocycles. The molecule has 0 amide bonds. The number of halogens is 2. The van der Waals surface area contributed by atoms with Crippen molar-refractivity contribution in [2.45, 2.75) is 27.7 Å². The molecule has 1 atom stereocenters. The molecular formula is C27H24F2Si. The largest absolute Gasteiger partial charge is 0.207 e. The van der Waals surface area contributed by atoms with E-state index in [2.05, 4.69) is 45.9 Å². The zero-order chi connectivity index (χ0) is 21.4. The summed E-state index contributed by atoms with van der Waals surface area (Å²) in [5.74, 6) is -0.0722. The highest BCUT2D eigenvalue weighted by Crippen LogP contribution is 2.37. The molecule has 0 N–H and O–H groups in total. The standard InChI is InChI=1S/C27H24F2Si/c1-16-17(2)19(4)27(18(16)3)30-25-7-5-6-24(20-8-12-22(28)13-9-20)26(25)21-10-14-23(29)15-11-21/h5-15,18H,1-4H3. The maximum Gasteiger partial charge on any atom is 0.123 e. The lowest BCUT2D eigenvalue weighted by molar-refractivity contribution is 0.627. The first-order chi connectivity index (χ1) is 14.4. The second kappa shape index (κ2) is 8.15. The van der Waals surface area contributed by atoms with Crippen molar-refractivity contribution in [2.75, 3.05) is 0 Å². The molecule has 0 aromatic heterocycles. The fraction of sp³-hybridized carbons (Fsp3) is 0.185. The van der Waals surface area contributed by atoms with E-state index in [1.165, 1.54) is 51.4 Å². The van der Waals surface area contributed by atoms with Crippen LogP contribution in [-0.2, 0) is 0 Å². The Balaban J connectivity index is 1.88. The predicted molar refractivity (Wildman–Crippen MR) is 123 cm³/mol. The predicted octanol–water partition coefficient (Wildman–Crippen LogP) is 6.89. The van der Waals surface area contributed by atoms with Crippen molar-refractivity contribution < 1.29 is 8.78 Å². The average Bonchev–Trinajstić information content (AvgIpc) is 2.93. The molecule has 0 aliphatic heterocycles. The quantitative estimate of drug-likeness (QED) is 0.408. The number of rotatable bonds is 4. The molecule has 0 saturated heterocycles. The highest BCUT2D eigenvalue weighted by molar-refractivity contribution is 6.63. The van der Waals surface area contributed by atoms with Gasteiger partial charge in [-0.3, -0.25) is 0 Å². The molecule has 150 valence electrons. The summed E-state index contributed by atoms with van der Waals surface area (Å²) >= 11 is 0. The van der Waals surface area contributed by atoms with E-state index >= 15 is 0 Å². The van der Waals surface area contributed by atoms with Crippen molar-refractivity contribution in [1.82, 2.24) is 0 Å². The minimum Gasteiger partial charge on any atom is -0.207 e. The molecule has 0 bridgehead atoms. The number of hydrogen-bond donors (Lipinski definition) is 0. The third kappa shape index (κ3) is 3.70. The van der Waals surface area contributed by atoms with Gasteiger partial charge in [-0.05, 0) is 78.8 Å². The zero-order valence-electron chi connectivity index (χ0n) is 17.7. The van der Waals surface area contributed by atoms with Gasteiger partial charge < -0.3 is 0 Å². The maximum absolute atomic E-state index is 13.6. The van der Waals surface area contributed by atoms with Crippen molar-refractivity contribution in [3.05, 3.63) is 100 Å². The first kappa shape index (κ1) is 20.5. The average molecular weight is 415 g/mol. The van der Waals surface area contributed by atoms with Crippen LogP contribution in [0.4, 0.5) is 8.78 Å². The van der Waals surface area contributed by atoms with Crippen molar-refractivity contribution in [1.29, 1.82) is 0 Å². The van der Waals surface area contributed by atoms with Gasteiger partial charge in [0.2, 0.25) is 0 Å². The van der Waals surface area contributed by atoms with Crippen molar-refractivity contribution in [3.8, 4) is 22.3 Å². The van der Waals surface area contributed by atoms with Crippen molar-refractivity contribution in [2.24, 2.45) is 5.92 Å². The molecule has 0 nitrogen and oxygen atoms in total. The molecule has 1 unspecified atom stereocenters. The summed E-state index contributed by atoms with van der Waals surface area (Å²) in [4.78, 5) is 0. The van der Waals surface area contributed by atoms with Crippen LogP contribution in [0.2, 0.25) is 0 Å². The van der Waals surface area contributed by atoms with E-state index in [-0.39, 0.29) is 11.6 Å². The van der Waals surface area contributed by atoms with E-state index in [0.29, 0.717) is 15.4 Å².